The number of hydrogen-bond donors (Lipinski definition) is 1. The topological polar surface area (TPSA) is 45.6 Å². The van der Waals surface area contributed by atoms with E-state index < -0.39 is 0 Å². The average molecular weight is 259 g/mol. The molecule has 1 unspecified atom stereocenters. The predicted molar refractivity (Wildman–Crippen MR) is 56.1 cm³/mol. The van der Waals surface area contributed by atoms with Crippen LogP contribution in [0.2, 0.25) is 0 Å². The molecular weight excluding hydrogens is 248 g/mol. The maximum Gasteiger partial charge on any atom is 0.130 e. The number of aliphatic hydroxyl groups excluding tert-OH is 1. The number of pyridine rings is 1. The minimum atomic E-state index is -0.0829. The lowest BCUT2D eigenvalue weighted by atomic mass is 10.3. The molecule has 14 heavy (non-hydrogen) atoms. The third kappa shape index (κ3) is 2.05. The Morgan fingerprint density at radius 2 is 2.50 bits per heavy atom. The zero-order chi connectivity index (χ0) is 9.97. The lowest BCUT2D eigenvalue weighted by Gasteiger charge is -2.14. The van der Waals surface area contributed by atoms with Crippen molar-refractivity contribution in [2.24, 2.45) is 0 Å². The zero-order valence-corrected chi connectivity index (χ0v) is 9.14. The van der Waals surface area contributed by atoms with Gasteiger partial charge in [-0.2, -0.15) is 0 Å². The van der Waals surface area contributed by atoms with Crippen molar-refractivity contribution in [1.29, 1.82) is 0 Å². The summed E-state index contributed by atoms with van der Waals surface area (Å²) < 4.78 is 6.28. The molecule has 1 aromatic rings. The van der Waals surface area contributed by atoms with Crippen LogP contribution in [-0.4, -0.2) is 36.1 Å². The minimum Gasteiger partial charge on any atom is -0.394 e. The van der Waals surface area contributed by atoms with Gasteiger partial charge in [0.05, 0.1) is 13.2 Å². The largest absolute Gasteiger partial charge is 0.394 e. The van der Waals surface area contributed by atoms with E-state index in [2.05, 4.69) is 20.9 Å². The van der Waals surface area contributed by atoms with Crippen molar-refractivity contribution in [2.75, 3.05) is 24.8 Å². The molecule has 0 bridgehead atoms. The molecule has 0 spiro atoms. The van der Waals surface area contributed by atoms with Crippen LogP contribution in [0.25, 0.3) is 0 Å². The van der Waals surface area contributed by atoms with E-state index in [9.17, 15) is 0 Å². The van der Waals surface area contributed by atoms with Crippen molar-refractivity contribution in [1.82, 2.24) is 4.98 Å². The second-order valence-electron chi connectivity index (χ2n) is 3.16. The van der Waals surface area contributed by atoms with Gasteiger partial charge in [-0.05, 0) is 28.1 Å². The van der Waals surface area contributed by atoms with E-state index >= 15 is 0 Å². The molecule has 0 amide bonds. The van der Waals surface area contributed by atoms with Crippen LogP contribution in [0.15, 0.2) is 22.8 Å². The molecule has 4 nitrogen and oxygen atoms in total. The summed E-state index contributed by atoms with van der Waals surface area (Å²) >= 11 is 3.33. The van der Waals surface area contributed by atoms with Gasteiger partial charge < -0.3 is 14.7 Å². The molecule has 1 N–H and O–H groups in total. The first-order valence-corrected chi connectivity index (χ1v) is 5.18. The van der Waals surface area contributed by atoms with Crippen LogP contribution in [-0.2, 0) is 4.74 Å². The fourth-order valence-corrected chi connectivity index (χ4v) is 1.61. The number of ether oxygens (including phenoxy) is 1. The van der Waals surface area contributed by atoms with Gasteiger partial charge >= 0.3 is 0 Å². The highest BCUT2D eigenvalue weighted by Gasteiger charge is 2.22. The summed E-state index contributed by atoms with van der Waals surface area (Å²) in [4.78, 5) is 6.24. The SMILES string of the molecule is OCC1CN(c2ccc(Br)cn2)CO1. The van der Waals surface area contributed by atoms with Crippen molar-refractivity contribution >= 4 is 21.7 Å². The van der Waals surface area contributed by atoms with Crippen molar-refractivity contribution in [3.8, 4) is 0 Å². The Kier molecular flexibility index (Phi) is 3.00. The minimum absolute atomic E-state index is 0.0625. The Balaban J connectivity index is 2.06. The fraction of sp³-hybridized carbons (Fsp3) is 0.444. The first kappa shape index (κ1) is 9.89. The van der Waals surface area contributed by atoms with Crippen LogP contribution in [0.5, 0.6) is 0 Å². The molecule has 1 aliphatic heterocycles. The van der Waals surface area contributed by atoms with E-state index in [0.717, 1.165) is 10.3 Å². The molecule has 0 radical (unpaired) electrons. The summed E-state index contributed by atoms with van der Waals surface area (Å²) in [5.41, 5.74) is 0. The Bertz CT molecular complexity index is 304. The number of halogens is 1. The summed E-state index contributed by atoms with van der Waals surface area (Å²) in [7, 11) is 0. The first-order chi connectivity index (χ1) is 6.79. The highest BCUT2D eigenvalue weighted by Crippen LogP contribution is 2.18. The maximum absolute atomic E-state index is 8.90. The van der Waals surface area contributed by atoms with Gasteiger partial charge in [-0.3, -0.25) is 0 Å². The summed E-state index contributed by atoms with van der Waals surface area (Å²) in [6.45, 7) is 1.26. The van der Waals surface area contributed by atoms with Crippen LogP contribution in [0.3, 0.4) is 0 Å². The van der Waals surface area contributed by atoms with Crippen molar-refractivity contribution in [3.63, 3.8) is 0 Å². The van der Waals surface area contributed by atoms with Gasteiger partial charge in [0.15, 0.2) is 0 Å². The summed E-state index contributed by atoms with van der Waals surface area (Å²) in [6, 6.07) is 3.86. The lowest BCUT2D eigenvalue weighted by Crippen LogP contribution is -2.23. The van der Waals surface area contributed by atoms with Crippen molar-refractivity contribution in [3.05, 3.63) is 22.8 Å². The van der Waals surface area contributed by atoms with Crippen molar-refractivity contribution in [2.45, 2.75) is 6.10 Å². The summed E-state index contributed by atoms with van der Waals surface area (Å²) in [5, 5.41) is 8.90. The van der Waals surface area contributed by atoms with E-state index in [1.54, 1.807) is 6.20 Å². The molecule has 1 saturated heterocycles. The molecule has 76 valence electrons. The number of aliphatic hydroxyl groups is 1. The van der Waals surface area contributed by atoms with E-state index in [-0.39, 0.29) is 12.7 Å². The molecule has 1 fully saturated rings. The Labute approximate surface area is 90.6 Å². The van der Waals surface area contributed by atoms with Gasteiger partial charge in [0, 0.05) is 10.7 Å². The Hall–Kier alpha value is -0.650. The van der Waals surface area contributed by atoms with Crippen LogP contribution < -0.4 is 4.90 Å². The summed E-state index contributed by atoms with van der Waals surface area (Å²) in [6.07, 6.45) is 1.67. The normalized spacial score (nSPS) is 21.6. The number of nitrogens with zero attached hydrogens (tertiary/aromatic N) is 2. The molecule has 1 atom stereocenters. The van der Waals surface area contributed by atoms with Crippen LogP contribution >= 0.6 is 15.9 Å². The van der Waals surface area contributed by atoms with Crippen molar-refractivity contribution < 1.29 is 9.84 Å². The second kappa shape index (κ2) is 4.25. The maximum atomic E-state index is 8.90. The first-order valence-electron chi connectivity index (χ1n) is 4.38. The van der Waals surface area contributed by atoms with Gasteiger partial charge in [-0.15, -0.1) is 0 Å². The number of rotatable bonds is 2. The molecule has 0 aliphatic carbocycles. The van der Waals surface area contributed by atoms with Crippen LogP contribution in [0.4, 0.5) is 5.82 Å². The summed E-state index contributed by atoms with van der Waals surface area (Å²) in [5.74, 6) is 0.879. The second-order valence-corrected chi connectivity index (χ2v) is 4.07. The molecular formula is C9H11BrN2O2. The zero-order valence-electron chi connectivity index (χ0n) is 7.56. The number of aromatic nitrogens is 1. The third-order valence-electron chi connectivity index (χ3n) is 2.13. The molecule has 5 heteroatoms. The molecule has 0 saturated carbocycles. The molecule has 2 rings (SSSR count). The lowest BCUT2D eigenvalue weighted by molar-refractivity contribution is 0.0645. The van der Waals surface area contributed by atoms with Crippen LogP contribution in [0, 0.1) is 0 Å². The molecule has 2 heterocycles. The van der Waals surface area contributed by atoms with Gasteiger partial charge in [-0.1, -0.05) is 0 Å². The third-order valence-corrected chi connectivity index (χ3v) is 2.60. The van der Waals surface area contributed by atoms with Crippen LogP contribution in [0.1, 0.15) is 0 Å². The Morgan fingerprint density at radius 3 is 3.07 bits per heavy atom. The van der Waals surface area contributed by atoms with E-state index in [1.165, 1.54) is 0 Å². The quantitative estimate of drug-likeness (QED) is 0.860. The highest BCUT2D eigenvalue weighted by atomic mass is 79.9. The van der Waals surface area contributed by atoms with E-state index in [4.69, 9.17) is 9.84 Å². The standard InChI is InChI=1S/C9H11BrN2O2/c10-7-1-2-9(11-3-7)12-4-8(5-13)14-6-12/h1-3,8,13H,4-6H2. The number of anilines is 1. The predicted octanol–water partition coefficient (Wildman–Crippen LogP) is 0.999. The number of hydrogen-bond acceptors (Lipinski definition) is 4. The molecule has 1 aromatic heterocycles. The average Bonchev–Trinajstić information content (AvgIpc) is 2.67. The smallest absolute Gasteiger partial charge is 0.130 e. The Morgan fingerprint density at radius 1 is 1.64 bits per heavy atom. The highest BCUT2D eigenvalue weighted by molar-refractivity contribution is 9.10. The monoisotopic (exact) mass is 258 g/mol. The van der Waals surface area contributed by atoms with E-state index in [0.29, 0.717) is 13.3 Å². The van der Waals surface area contributed by atoms with Gasteiger partial charge in [-0.25, -0.2) is 4.98 Å². The fourth-order valence-electron chi connectivity index (χ4n) is 1.37. The van der Waals surface area contributed by atoms with Gasteiger partial charge in [0.1, 0.15) is 18.7 Å². The van der Waals surface area contributed by atoms with E-state index in [1.807, 2.05) is 17.0 Å². The van der Waals surface area contributed by atoms with Gasteiger partial charge in [0.25, 0.3) is 0 Å². The molecule has 1 aliphatic rings. The van der Waals surface area contributed by atoms with Gasteiger partial charge in [0.2, 0.25) is 0 Å². The molecule has 0 aromatic carbocycles.